The molecule has 34 heavy (non-hydrogen) atoms. The third-order valence-corrected chi connectivity index (χ3v) is 8.55. The van der Waals surface area contributed by atoms with Crippen LogP contribution < -0.4 is 14.9 Å². The van der Waals surface area contributed by atoms with Crippen molar-refractivity contribution in [1.29, 1.82) is 0 Å². The quantitative estimate of drug-likeness (QED) is 0.352. The van der Waals surface area contributed by atoms with Gasteiger partial charge in [0.25, 0.3) is 0 Å². The molecular weight excluding hydrogens is 454 g/mol. The van der Waals surface area contributed by atoms with Gasteiger partial charge in [-0.1, -0.05) is 18.2 Å². The zero-order chi connectivity index (χ0) is 23.9. The molecular formula is C25H27N3O5S. The van der Waals surface area contributed by atoms with Gasteiger partial charge in [-0.2, -0.15) is 0 Å². The predicted molar refractivity (Wildman–Crippen MR) is 126 cm³/mol. The number of hydroxylamine groups is 1. The zero-order valence-electron chi connectivity index (χ0n) is 18.8. The Balaban J connectivity index is 1.29. The van der Waals surface area contributed by atoms with E-state index in [1.54, 1.807) is 17.6 Å². The van der Waals surface area contributed by atoms with Crippen LogP contribution in [-0.4, -0.2) is 30.6 Å². The normalized spacial score (nSPS) is 23.8. The van der Waals surface area contributed by atoms with Crippen LogP contribution in [0.5, 0.6) is 5.75 Å². The molecule has 0 radical (unpaired) electrons. The molecule has 4 atom stereocenters. The summed E-state index contributed by atoms with van der Waals surface area (Å²) in [5.74, 6) is -0.339. The van der Waals surface area contributed by atoms with Gasteiger partial charge in [-0.05, 0) is 74.4 Å². The predicted octanol–water partition coefficient (Wildman–Crippen LogP) is 3.32. The van der Waals surface area contributed by atoms with Crippen molar-refractivity contribution in [1.82, 2.24) is 15.2 Å². The van der Waals surface area contributed by atoms with Gasteiger partial charge in [0.05, 0.1) is 16.3 Å². The molecule has 2 bridgehead atoms. The lowest BCUT2D eigenvalue weighted by Crippen LogP contribution is -2.49. The van der Waals surface area contributed by atoms with Gasteiger partial charge in [-0.25, -0.2) is 18.6 Å². The highest BCUT2D eigenvalue weighted by Crippen LogP contribution is 2.49. The van der Waals surface area contributed by atoms with Crippen LogP contribution in [0.25, 0.3) is 10.9 Å². The van der Waals surface area contributed by atoms with E-state index >= 15 is 0 Å². The fraction of sp³-hybridized carbons (Fsp3) is 0.360. The summed E-state index contributed by atoms with van der Waals surface area (Å²) < 4.78 is 34.7. The Labute approximate surface area is 198 Å². The maximum Gasteiger partial charge on any atom is 0.248 e. The molecule has 1 aromatic heterocycles. The number of benzene rings is 2. The number of fused-ring (bicyclic) bond motifs is 3. The van der Waals surface area contributed by atoms with Crippen molar-refractivity contribution in [3.8, 4) is 5.75 Å². The average molecular weight is 482 g/mol. The highest BCUT2D eigenvalue weighted by Gasteiger charge is 2.52. The van der Waals surface area contributed by atoms with E-state index in [0.29, 0.717) is 12.4 Å². The number of nitrogens with one attached hydrogen (secondary N) is 2. The number of aromatic nitrogens is 1. The number of carbonyl (C=O) groups excluding carboxylic acids is 1. The topological polar surface area (TPSA) is 118 Å². The molecule has 2 aliphatic carbocycles. The van der Waals surface area contributed by atoms with Crippen molar-refractivity contribution in [2.45, 2.75) is 43.7 Å². The Morgan fingerprint density at radius 3 is 2.62 bits per heavy atom. The summed E-state index contributed by atoms with van der Waals surface area (Å²) >= 11 is 0. The van der Waals surface area contributed by atoms with Crippen LogP contribution in [0.1, 0.15) is 30.5 Å². The molecule has 1 amide bonds. The zero-order valence-corrected chi connectivity index (χ0v) is 19.6. The number of sulfonamides is 1. The van der Waals surface area contributed by atoms with Gasteiger partial charge in [0.15, 0.2) is 0 Å². The lowest BCUT2D eigenvalue weighted by Gasteiger charge is -2.29. The largest absolute Gasteiger partial charge is 0.489 e. The van der Waals surface area contributed by atoms with E-state index < -0.39 is 27.9 Å². The molecule has 178 valence electrons. The summed E-state index contributed by atoms with van der Waals surface area (Å²) in [7, 11) is -3.83. The van der Waals surface area contributed by atoms with Crippen LogP contribution >= 0.6 is 0 Å². The van der Waals surface area contributed by atoms with Crippen molar-refractivity contribution in [3.63, 3.8) is 0 Å². The molecule has 2 saturated carbocycles. The maximum atomic E-state index is 13.0. The third-order valence-electron chi connectivity index (χ3n) is 7.08. The van der Waals surface area contributed by atoms with Crippen molar-refractivity contribution in [3.05, 3.63) is 65.9 Å². The first-order valence-corrected chi connectivity index (χ1v) is 12.9. The van der Waals surface area contributed by atoms with E-state index in [2.05, 4.69) is 9.71 Å². The van der Waals surface area contributed by atoms with E-state index in [9.17, 15) is 13.2 Å². The number of nitrogens with zero attached hydrogens (tertiary/aromatic N) is 1. The number of hydrogen-bond acceptors (Lipinski definition) is 6. The minimum absolute atomic E-state index is 0.0912. The number of hydrogen-bond donors (Lipinski definition) is 3. The molecule has 0 aliphatic heterocycles. The number of para-hydroxylation sites is 1. The molecule has 8 nitrogen and oxygen atoms in total. The highest BCUT2D eigenvalue weighted by atomic mass is 32.2. The molecule has 9 heteroatoms. The minimum Gasteiger partial charge on any atom is -0.489 e. The van der Waals surface area contributed by atoms with Gasteiger partial charge in [0.1, 0.15) is 12.4 Å². The number of pyridine rings is 1. The van der Waals surface area contributed by atoms with Crippen LogP contribution in [0.3, 0.4) is 0 Å². The molecule has 0 saturated heterocycles. The van der Waals surface area contributed by atoms with Crippen molar-refractivity contribution in [2.75, 3.05) is 0 Å². The summed E-state index contributed by atoms with van der Waals surface area (Å²) in [6, 6.07) is 15.6. The SMILES string of the molecule is Cc1cc(COc2ccc(S(=O)(=O)N[C@H]3C4CCC(C4)[C@H]3C(=O)NO)cc2)c2ccccc2n1. The van der Waals surface area contributed by atoms with Crippen molar-refractivity contribution < 1.29 is 23.2 Å². The molecule has 5 rings (SSSR count). The van der Waals surface area contributed by atoms with Crippen molar-refractivity contribution >= 4 is 26.8 Å². The van der Waals surface area contributed by atoms with Gasteiger partial charge in [0, 0.05) is 22.7 Å². The van der Waals surface area contributed by atoms with E-state index in [0.717, 1.165) is 41.4 Å². The summed E-state index contributed by atoms with van der Waals surface area (Å²) in [6.45, 7) is 2.27. The van der Waals surface area contributed by atoms with E-state index in [4.69, 9.17) is 9.94 Å². The Morgan fingerprint density at radius 1 is 1.12 bits per heavy atom. The molecule has 3 aromatic rings. The van der Waals surface area contributed by atoms with Crippen LogP contribution in [0, 0.1) is 24.7 Å². The average Bonchev–Trinajstić information content (AvgIpc) is 3.44. The second-order valence-corrected chi connectivity index (χ2v) is 10.9. The van der Waals surface area contributed by atoms with E-state index in [1.807, 2.05) is 37.3 Å². The first kappa shape index (κ1) is 22.8. The maximum absolute atomic E-state index is 13.0. The molecule has 0 spiro atoms. The van der Waals surface area contributed by atoms with Crippen LogP contribution in [0.15, 0.2) is 59.5 Å². The summed E-state index contributed by atoms with van der Waals surface area (Å²) in [5.41, 5.74) is 4.51. The second kappa shape index (κ2) is 8.98. The highest BCUT2D eigenvalue weighted by molar-refractivity contribution is 7.89. The molecule has 3 N–H and O–H groups in total. The van der Waals surface area contributed by atoms with E-state index in [1.165, 1.54) is 12.1 Å². The second-order valence-electron chi connectivity index (χ2n) is 9.18. The van der Waals surface area contributed by atoms with Gasteiger partial charge in [-0.15, -0.1) is 0 Å². The lowest BCUT2D eigenvalue weighted by atomic mass is 9.84. The van der Waals surface area contributed by atoms with Crippen LogP contribution in [0.2, 0.25) is 0 Å². The molecule has 2 aliphatic rings. The first-order valence-electron chi connectivity index (χ1n) is 11.4. The standard InChI is InChI=1S/C25H27N3O5S/c1-15-12-18(21-4-2-3-5-22(21)26-15)14-33-19-8-10-20(11-9-19)34(31,32)28-24-17-7-6-16(13-17)23(24)25(29)27-30/h2-5,8-12,16-17,23-24,28,30H,6-7,13-14H2,1H3,(H,27,29)/t16?,17?,23-,24+/m1/s1. The smallest absolute Gasteiger partial charge is 0.248 e. The van der Waals surface area contributed by atoms with Crippen LogP contribution in [0.4, 0.5) is 0 Å². The summed E-state index contributed by atoms with van der Waals surface area (Å²) in [6.07, 6.45) is 2.55. The Morgan fingerprint density at radius 2 is 1.85 bits per heavy atom. The van der Waals surface area contributed by atoms with Crippen LogP contribution in [-0.2, 0) is 21.4 Å². The number of rotatable bonds is 7. The Kier molecular flexibility index (Phi) is 6.01. The minimum atomic E-state index is -3.83. The molecule has 1 heterocycles. The fourth-order valence-electron chi connectivity index (χ4n) is 5.55. The van der Waals surface area contributed by atoms with Gasteiger partial charge < -0.3 is 4.74 Å². The Hall–Kier alpha value is -3.01. The summed E-state index contributed by atoms with van der Waals surface area (Å²) in [4.78, 5) is 16.8. The molecule has 2 unspecified atom stereocenters. The first-order chi connectivity index (χ1) is 16.4. The number of carbonyl (C=O) groups is 1. The fourth-order valence-corrected chi connectivity index (χ4v) is 6.88. The lowest BCUT2D eigenvalue weighted by molar-refractivity contribution is -0.135. The third kappa shape index (κ3) is 4.26. The van der Waals surface area contributed by atoms with Gasteiger partial charge >= 0.3 is 0 Å². The molecule has 2 fully saturated rings. The van der Waals surface area contributed by atoms with E-state index in [-0.39, 0.29) is 16.7 Å². The number of ether oxygens (including phenoxy) is 1. The Bertz CT molecular complexity index is 1330. The molecule has 2 aromatic carbocycles. The monoisotopic (exact) mass is 481 g/mol. The van der Waals surface area contributed by atoms with Gasteiger partial charge in [0.2, 0.25) is 15.9 Å². The number of amides is 1. The van der Waals surface area contributed by atoms with Gasteiger partial charge in [-0.3, -0.25) is 15.0 Å². The van der Waals surface area contributed by atoms with Crippen molar-refractivity contribution in [2.24, 2.45) is 17.8 Å². The summed E-state index contributed by atoms with van der Waals surface area (Å²) in [5, 5.41) is 10.1. The number of aryl methyl sites for hydroxylation is 1.